The van der Waals surface area contributed by atoms with Gasteiger partial charge >= 0.3 is 0 Å². The summed E-state index contributed by atoms with van der Waals surface area (Å²) >= 11 is 0. The summed E-state index contributed by atoms with van der Waals surface area (Å²) in [6, 6.07) is 12.7. The fraction of sp³-hybridized carbons (Fsp3) is 0.346. The van der Waals surface area contributed by atoms with Crippen molar-refractivity contribution in [3.05, 3.63) is 71.9 Å². The van der Waals surface area contributed by atoms with Gasteiger partial charge < -0.3 is 9.88 Å². The van der Waals surface area contributed by atoms with Gasteiger partial charge in [0.05, 0.1) is 5.69 Å². The number of nitrogens with one attached hydrogen (secondary N) is 1. The second-order valence-electron chi connectivity index (χ2n) is 8.85. The Bertz CT molecular complexity index is 1240. The standard InChI is InChI=1S/C26H29N5O/c1-18-5-6-23-22(16-18)25(20-7-11-27-12-8-20)26(28-23)21-4-3-13-30(17-21)24(32)10-15-31-14-9-19(2)29-31/h5-9,11-12,14,16,21,28H,3-4,10,13,15,17H2,1-2H3. The number of carbonyl (C=O) groups excluding carboxylic acids is 1. The molecule has 1 aliphatic rings. The highest BCUT2D eigenvalue weighted by Gasteiger charge is 2.28. The van der Waals surface area contributed by atoms with Crippen LogP contribution in [0.15, 0.2) is 55.0 Å². The van der Waals surface area contributed by atoms with Gasteiger partial charge in [0.25, 0.3) is 0 Å². The lowest BCUT2D eigenvalue weighted by atomic mass is 9.89. The lowest BCUT2D eigenvalue weighted by Crippen LogP contribution is -2.39. The summed E-state index contributed by atoms with van der Waals surface area (Å²) < 4.78 is 1.86. The van der Waals surface area contributed by atoms with Crippen LogP contribution in [0.25, 0.3) is 22.0 Å². The number of nitrogens with zero attached hydrogens (tertiary/aromatic N) is 4. The van der Waals surface area contributed by atoms with Crippen molar-refractivity contribution in [3.8, 4) is 11.1 Å². The highest BCUT2D eigenvalue weighted by molar-refractivity contribution is 5.98. The van der Waals surface area contributed by atoms with Crippen molar-refractivity contribution in [2.75, 3.05) is 13.1 Å². The molecular formula is C26H29N5O. The van der Waals surface area contributed by atoms with Crippen LogP contribution in [-0.4, -0.2) is 43.6 Å². The number of hydrogen-bond acceptors (Lipinski definition) is 3. The number of pyridine rings is 1. The first-order chi connectivity index (χ1) is 15.6. The third-order valence-corrected chi connectivity index (χ3v) is 6.46. The van der Waals surface area contributed by atoms with E-state index in [4.69, 9.17) is 0 Å². The molecule has 1 fully saturated rings. The normalized spacial score (nSPS) is 16.6. The molecule has 32 heavy (non-hydrogen) atoms. The van der Waals surface area contributed by atoms with Crippen LogP contribution in [-0.2, 0) is 11.3 Å². The molecule has 164 valence electrons. The topological polar surface area (TPSA) is 66.8 Å². The Labute approximate surface area is 188 Å². The van der Waals surface area contributed by atoms with Gasteiger partial charge in [-0.25, -0.2) is 0 Å². The number of rotatable bonds is 5. The Morgan fingerprint density at radius 2 is 2.00 bits per heavy atom. The first-order valence-electron chi connectivity index (χ1n) is 11.4. The van der Waals surface area contributed by atoms with E-state index in [1.165, 1.54) is 27.8 Å². The zero-order valence-electron chi connectivity index (χ0n) is 18.7. The van der Waals surface area contributed by atoms with Gasteiger partial charge in [-0.05, 0) is 62.6 Å². The van der Waals surface area contributed by atoms with Crippen molar-refractivity contribution in [3.63, 3.8) is 0 Å². The van der Waals surface area contributed by atoms with E-state index in [1.54, 1.807) is 0 Å². The van der Waals surface area contributed by atoms with E-state index in [2.05, 4.69) is 52.3 Å². The fourth-order valence-electron chi connectivity index (χ4n) is 4.86. The number of likely N-dealkylation sites (tertiary alicyclic amines) is 1. The van der Waals surface area contributed by atoms with Crippen molar-refractivity contribution in [2.45, 2.75) is 45.6 Å². The van der Waals surface area contributed by atoms with E-state index in [-0.39, 0.29) is 11.8 Å². The molecule has 1 N–H and O–H groups in total. The van der Waals surface area contributed by atoms with Gasteiger partial charge in [0.15, 0.2) is 0 Å². The third kappa shape index (κ3) is 4.05. The molecule has 1 amide bonds. The smallest absolute Gasteiger partial charge is 0.224 e. The maximum Gasteiger partial charge on any atom is 0.224 e. The average Bonchev–Trinajstić information content (AvgIpc) is 3.41. The van der Waals surface area contributed by atoms with Crippen molar-refractivity contribution in [1.82, 2.24) is 24.6 Å². The van der Waals surface area contributed by atoms with E-state index in [0.29, 0.717) is 13.0 Å². The highest BCUT2D eigenvalue weighted by Crippen LogP contribution is 2.39. The number of H-pyrrole nitrogens is 1. The molecule has 1 atom stereocenters. The molecule has 4 heterocycles. The predicted octanol–water partition coefficient (Wildman–Crippen LogP) is 4.84. The lowest BCUT2D eigenvalue weighted by molar-refractivity contribution is -0.132. The van der Waals surface area contributed by atoms with Crippen LogP contribution in [0.5, 0.6) is 0 Å². The first kappa shape index (κ1) is 20.5. The highest BCUT2D eigenvalue weighted by atomic mass is 16.2. The zero-order chi connectivity index (χ0) is 22.1. The second kappa shape index (κ2) is 8.61. The Morgan fingerprint density at radius 3 is 2.78 bits per heavy atom. The van der Waals surface area contributed by atoms with Crippen LogP contribution >= 0.6 is 0 Å². The van der Waals surface area contributed by atoms with Crippen molar-refractivity contribution >= 4 is 16.8 Å². The minimum Gasteiger partial charge on any atom is -0.358 e. The molecule has 0 bridgehead atoms. The maximum absolute atomic E-state index is 13.0. The number of aromatic amines is 1. The maximum atomic E-state index is 13.0. The van der Waals surface area contributed by atoms with Gasteiger partial charge in [0.2, 0.25) is 5.91 Å². The average molecular weight is 428 g/mol. The molecule has 0 radical (unpaired) electrons. The molecule has 0 spiro atoms. The minimum absolute atomic E-state index is 0.209. The van der Waals surface area contributed by atoms with Crippen molar-refractivity contribution in [1.29, 1.82) is 0 Å². The largest absolute Gasteiger partial charge is 0.358 e. The Kier molecular flexibility index (Phi) is 5.52. The summed E-state index contributed by atoms with van der Waals surface area (Å²) in [6.45, 7) is 6.31. The molecule has 1 unspecified atom stereocenters. The first-order valence-corrected chi connectivity index (χ1v) is 11.4. The van der Waals surface area contributed by atoms with Gasteiger partial charge in [-0.2, -0.15) is 5.10 Å². The SMILES string of the molecule is Cc1ccc2[nH]c(C3CCCN(C(=O)CCn4ccc(C)n4)C3)c(-c3ccncc3)c2c1. The molecule has 1 aliphatic heterocycles. The predicted molar refractivity (Wildman–Crippen MR) is 126 cm³/mol. The summed E-state index contributed by atoms with van der Waals surface area (Å²) in [4.78, 5) is 22.9. The third-order valence-electron chi connectivity index (χ3n) is 6.46. The molecule has 0 aliphatic carbocycles. The van der Waals surface area contributed by atoms with Crippen molar-refractivity contribution in [2.24, 2.45) is 0 Å². The van der Waals surface area contributed by atoms with Gasteiger partial charge in [-0.3, -0.25) is 14.5 Å². The van der Waals surface area contributed by atoms with Gasteiger partial charge in [-0.15, -0.1) is 0 Å². The van der Waals surface area contributed by atoms with E-state index in [9.17, 15) is 4.79 Å². The zero-order valence-corrected chi connectivity index (χ0v) is 18.7. The fourth-order valence-corrected chi connectivity index (χ4v) is 4.86. The molecule has 3 aromatic heterocycles. The number of piperidine rings is 1. The van der Waals surface area contributed by atoms with Crippen LogP contribution in [0, 0.1) is 13.8 Å². The lowest BCUT2D eigenvalue weighted by Gasteiger charge is -2.33. The summed E-state index contributed by atoms with van der Waals surface area (Å²) in [6.07, 6.45) is 8.21. The summed E-state index contributed by atoms with van der Waals surface area (Å²) in [5.74, 6) is 0.496. The van der Waals surface area contributed by atoms with E-state index in [1.807, 2.05) is 41.2 Å². The van der Waals surface area contributed by atoms with Crippen LogP contribution in [0.1, 0.15) is 42.1 Å². The van der Waals surface area contributed by atoms with E-state index >= 15 is 0 Å². The molecule has 5 rings (SSSR count). The van der Waals surface area contributed by atoms with Gasteiger partial charge in [0.1, 0.15) is 0 Å². The molecule has 4 aromatic rings. The van der Waals surface area contributed by atoms with Gasteiger partial charge in [0, 0.05) is 72.7 Å². The molecule has 1 saturated heterocycles. The minimum atomic E-state index is 0.209. The van der Waals surface area contributed by atoms with Crippen molar-refractivity contribution < 1.29 is 4.79 Å². The van der Waals surface area contributed by atoms with Crippen LogP contribution in [0.3, 0.4) is 0 Å². The molecule has 1 aromatic carbocycles. The number of aromatic nitrogens is 4. The Hall–Kier alpha value is -3.41. The van der Waals surface area contributed by atoms with Gasteiger partial charge in [-0.1, -0.05) is 11.6 Å². The van der Waals surface area contributed by atoms with Crippen LogP contribution < -0.4 is 0 Å². The number of amides is 1. The monoisotopic (exact) mass is 427 g/mol. The summed E-state index contributed by atoms with van der Waals surface area (Å²) in [5, 5.41) is 5.64. The second-order valence-corrected chi connectivity index (χ2v) is 8.85. The summed E-state index contributed by atoms with van der Waals surface area (Å²) in [5.41, 5.74) is 7.02. The van der Waals surface area contributed by atoms with E-state index < -0.39 is 0 Å². The Morgan fingerprint density at radius 1 is 1.16 bits per heavy atom. The summed E-state index contributed by atoms with van der Waals surface area (Å²) in [7, 11) is 0. The Balaban J connectivity index is 1.41. The number of benzene rings is 1. The number of hydrogen-bond donors (Lipinski definition) is 1. The number of carbonyl (C=O) groups is 1. The molecule has 0 saturated carbocycles. The van der Waals surface area contributed by atoms with Crippen LogP contribution in [0.4, 0.5) is 0 Å². The molecule has 6 heteroatoms. The molecular weight excluding hydrogens is 398 g/mol. The van der Waals surface area contributed by atoms with Crippen LogP contribution in [0.2, 0.25) is 0 Å². The molecule has 6 nitrogen and oxygen atoms in total. The number of aryl methyl sites for hydroxylation is 3. The quantitative estimate of drug-likeness (QED) is 0.496. The van der Waals surface area contributed by atoms with E-state index in [0.717, 1.165) is 37.1 Å². The number of fused-ring (bicyclic) bond motifs is 1.